The Morgan fingerprint density at radius 1 is 1.45 bits per heavy atom. The molecule has 0 aliphatic heterocycles. The van der Waals surface area contributed by atoms with Crippen LogP contribution in [0.5, 0.6) is 0 Å². The monoisotopic (exact) mass is 192 g/mol. The molecule has 0 aromatic heterocycles. The van der Waals surface area contributed by atoms with E-state index < -0.39 is 10.1 Å². The third-order valence-corrected chi connectivity index (χ3v) is 2.24. The van der Waals surface area contributed by atoms with Crippen molar-refractivity contribution in [3.8, 4) is 0 Å². The number of aliphatic hydroxyl groups excluding tert-OH is 1. The quantitative estimate of drug-likeness (QED) is 0.452. The van der Waals surface area contributed by atoms with Gasteiger partial charge in [-0.1, -0.05) is 6.92 Å². The van der Waals surface area contributed by atoms with Crippen molar-refractivity contribution in [3.05, 3.63) is 0 Å². The molecule has 0 bridgehead atoms. The summed E-state index contributed by atoms with van der Waals surface area (Å²) < 4.78 is 25.7. The standard InChI is InChI=1S/C5H12O4S.Na.H/c1-2-5-10(7,8)9-4-3-6;;/h6H,2-5H2,1H3;;. The Hall–Kier alpha value is 0.870. The van der Waals surface area contributed by atoms with Crippen LogP contribution in [-0.4, -0.2) is 62.0 Å². The first-order valence-electron chi connectivity index (χ1n) is 3.10. The van der Waals surface area contributed by atoms with E-state index in [9.17, 15) is 8.42 Å². The van der Waals surface area contributed by atoms with Crippen LogP contribution in [0.25, 0.3) is 0 Å². The van der Waals surface area contributed by atoms with Gasteiger partial charge >= 0.3 is 29.6 Å². The molecule has 0 rings (SSSR count). The first kappa shape index (κ1) is 14.4. The summed E-state index contributed by atoms with van der Waals surface area (Å²) >= 11 is 0. The number of hydrogen-bond donors (Lipinski definition) is 1. The fraction of sp³-hybridized carbons (Fsp3) is 1.00. The summed E-state index contributed by atoms with van der Waals surface area (Å²) in [7, 11) is -3.35. The molecule has 0 saturated carbocycles. The molecule has 1 N–H and O–H groups in total. The van der Waals surface area contributed by atoms with E-state index in [0.29, 0.717) is 6.42 Å². The number of aliphatic hydroxyl groups is 1. The van der Waals surface area contributed by atoms with Gasteiger partial charge < -0.3 is 5.11 Å². The molecular weight excluding hydrogens is 179 g/mol. The molecule has 0 aliphatic rings. The SMILES string of the molecule is CCCS(=O)(=O)OCCO.[NaH]. The molecule has 0 amide bonds. The number of hydrogen-bond acceptors (Lipinski definition) is 4. The van der Waals surface area contributed by atoms with Crippen LogP contribution in [0.2, 0.25) is 0 Å². The van der Waals surface area contributed by atoms with E-state index in [1.54, 1.807) is 6.92 Å². The normalized spacial score (nSPS) is 10.7. The van der Waals surface area contributed by atoms with Crippen LogP contribution in [0, 0.1) is 0 Å². The van der Waals surface area contributed by atoms with Gasteiger partial charge in [0.15, 0.2) is 0 Å². The van der Waals surface area contributed by atoms with E-state index in [2.05, 4.69) is 4.18 Å². The third-order valence-electron chi connectivity index (χ3n) is 0.808. The van der Waals surface area contributed by atoms with E-state index in [-0.39, 0.29) is 48.5 Å². The second-order valence-electron chi connectivity index (χ2n) is 1.81. The number of rotatable bonds is 5. The molecule has 0 heterocycles. The van der Waals surface area contributed by atoms with Crippen LogP contribution in [-0.2, 0) is 14.3 Å². The van der Waals surface area contributed by atoms with E-state index in [0.717, 1.165) is 0 Å². The molecule has 4 nitrogen and oxygen atoms in total. The molecule has 0 unspecified atom stereocenters. The maximum absolute atomic E-state index is 10.7. The molecule has 6 heteroatoms. The zero-order valence-electron chi connectivity index (χ0n) is 5.91. The Bertz CT molecular complexity index is 165. The second kappa shape index (κ2) is 7.52. The first-order chi connectivity index (χ1) is 4.62. The predicted molar refractivity (Wildman–Crippen MR) is 44.3 cm³/mol. The second-order valence-corrected chi connectivity index (χ2v) is 3.57. The summed E-state index contributed by atoms with van der Waals surface area (Å²) in [4.78, 5) is 0. The first-order valence-corrected chi connectivity index (χ1v) is 4.68. The van der Waals surface area contributed by atoms with Gasteiger partial charge in [0.1, 0.15) is 0 Å². The van der Waals surface area contributed by atoms with E-state index in [1.807, 2.05) is 0 Å². The molecular formula is C5H13NaO4S. The van der Waals surface area contributed by atoms with E-state index in [1.165, 1.54) is 0 Å². The van der Waals surface area contributed by atoms with Crippen LogP contribution in [0.3, 0.4) is 0 Å². The molecule has 64 valence electrons. The molecule has 0 radical (unpaired) electrons. The van der Waals surface area contributed by atoms with Gasteiger partial charge in [0, 0.05) is 0 Å². The molecule has 0 aliphatic carbocycles. The molecule has 0 saturated heterocycles. The van der Waals surface area contributed by atoms with Crippen LogP contribution in [0.4, 0.5) is 0 Å². The zero-order chi connectivity index (χ0) is 8.04. The fourth-order valence-electron chi connectivity index (χ4n) is 0.473. The molecule has 0 spiro atoms. The molecule has 0 aromatic carbocycles. The van der Waals surface area contributed by atoms with Gasteiger partial charge in [0.2, 0.25) is 0 Å². The zero-order valence-corrected chi connectivity index (χ0v) is 6.73. The predicted octanol–water partition coefficient (Wildman–Crippen LogP) is -0.913. The van der Waals surface area contributed by atoms with Gasteiger partial charge in [0.25, 0.3) is 10.1 Å². The van der Waals surface area contributed by atoms with E-state index >= 15 is 0 Å². The Kier molecular flexibility index (Phi) is 9.84. The summed E-state index contributed by atoms with van der Waals surface area (Å²) in [6.07, 6.45) is 0.535. The molecule has 0 aromatic rings. The summed E-state index contributed by atoms with van der Waals surface area (Å²) in [5, 5.41) is 8.21. The summed E-state index contributed by atoms with van der Waals surface area (Å²) in [5.41, 5.74) is 0. The van der Waals surface area contributed by atoms with Crippen molar-refractivity contribution in [1.82, 2.24) is 0 Å². The van der Waals surface area contributed by atoms with Crippen LogP contribution >= 0.6 is 0 Å². The van der Waals surface area contributed by atoms with Crippen molar-refractivity contribution in [1.29, 1.82) is 0 Å². The fourth-order valence-corrected chi connectivity index (χ4v) is 1.42. The van der Waals surface area contributed by atoms with Gasteiger partial charge in [-0.05, 0) is 6.42 Å². The van der Waals surface area contributed by atoms with Gasteiger partial charge in [-0.2, -0.15) is 8.42 Å². The minimum absolute atomic E-state index is 0. The van der Waals surface area contributed by atoms with Crippen molar-refractivity contribution in [2.75, 3.05) is 19.0 Å². The molecule has 0 fully saturated rings. The average molecular weight is 192 g/mol. The van der Waals surface area contributed by atoms with Crippen molar-refractivity contribution in [2.24, 2.45) is 0 Å². The summed E-state index contributed by atoms with van der Waals surface area (Å²) in [6.45, 7) is 1.35. The van der Waals surface area contributed by atoms with E-state index in [4.69, 9.17) is 5.11 Å². The van der Waals surface area contributed by atoms with Gasteiger partial charge in [-0.15, -0.1) is 0 Å². The third kappa shape index (κ3) is 8.78. The Labute approximate surface area is 89.4 Å². The topological polar surface area (TPSA) is 63.6 Å². The molecule has 11 heavy (non-hydrogen) atoms. The van der Waals surface area contributed by atoms with Crippen molar-refractivity contribution < 1.29 is 17.7 Å². The van der Waals surface area contributed by atoms with Crippen LogP contribution in [0.1, 0.15) is 13.3 Å². The van der Waals surface area contributed by atoms with Crippen molar-refractivity contribution >= 4 is 39.7 Å². The minimum atomic E-state index is -3.35. The van der Waals surface area contributed by atoms with Gasteiger partial charge in [0.05, 0.1) is 19.0 Å². The van der Waals surface area contributed by atoms with Crippen molar-refractivity contribution in [2.45, 2.75) is 13.3 Å². The Morgan fingerprint density at radius 2 is 2.00 bits per heavy atom. The van der Waals surface area contributed by atoms with Crippen LogP contribution < -0.4 is 0 Å². The summed E-state index contributed by atoms with van der Waals surface area (Å²) in [6, 6.07) is 0. The molecule has 0 atom stereocenters. The van der Waals surface area contributed by atoms with Crippen molar-refractivity contribution in [3.63, 3.8) is 0 Å². The summed E-state index contributed by atoms with van der Waals surface area (Å²) in [5.74, 6) is 0.0208. The van der Waals surface area contributed by atoms with Gasteiger partial charge in [-0.25, -0.2) is 0 Å². The van der Waals surface area contributed by atoms with Crippen LogP contribution in [0.15, 0.2) is 0 Å². The Balaban J connectivity index is 0. The Morgan fingerprint density at radius 3 is 2.36 bits per heavy atom. The average Bonchev–Trinajstić information content (AvgIpc) is 1.84. The maximum atomic E-state index is 10.7. The van der Waals surface area contributed by atoms with Gasteiger partial charge in [-0.3, -0.25) is 4.18 Å².